The Morgan fingerprint density at radius 2 is 1.87 bits per heavy atom. The predicted octanol–water partition coefficient (Wildman–Crippen LogP) is 5.37. The van der Waals surface area contributed by atoms with Gasteiger partial charge in [0.05, 0.1) is 0 Å². The molecule has 0 spiro atoms. The van der Waals surface area contributed by atoms with E-state index < -0.39 is 6.61 Å². The Morgan fingerprint density at radius 3 is 2.50 bits per heavy atom. The van der Waals surface area contributed by atoms with Crippen LogP contribution in [0.15, 0.2) is 53.1 Å². The highest BCUT2D eigenvalue weighted by molar-refractivity contribution is 6.30. The number of carbonyl (C=O) groups is 1. The summed E-state index contributed by atoms with van der Waals surface area (Å²) in [7, 11) is 0. The van der Waals surface area contributed by atoms with Crippen molar-refractivity contribution in [2.75, 3.05) is 11.4 Å². The van der Waals surface area contributed by atoms with Crippen LogP contribution in [0.4, 0.5) is 14.5 Å². The van der Waals surface area contributed by atoms with Crippen molar-refractivity contribution in [2.24, 2.45) is 0 Å². The summed E-state index contributed by atoms with van der Waals surface area (Å²) < 4.78 is 34.0. The van der Waals surface area contributed by atoms with Gasteiger partial charge >= 0.3 is 6.61 Å². The van der Waals surface area contributed by atoms with Crippen molar-refractivity contribution in [3.05, 3.63) is 59.4 Å². The third-order valence-electron chi connectivity index (χ3n) is 4.32. The van der Waals surface area contributed by atoms with E-state index in [1.54, 1.807) is 29.2 Å². The maximum atomic E-state index is 12.3. The maximum Gasteiger partial charge on any atom is 0.387 e. The number of ether oxygens (including phenoxy) is 1. The molecule has 1 heterocycles. The fourth-order valence-corrected chi connectivity index (χ4v) is 2.98. The van der Waals surface area contributed by atoms with Crippen LogP contribution in [0.25, 0.3) is 11.4 Å². The number of aryl methyl sites for hydroxylation is 1. The summed E-state index contributed by atoms with van der Waals surface area (Å²) in [6.45, 7) is -0.571. The normalized spacial score (nSPS) is 11.0. The molecule has 1 amide bonds. The average molecular weight is 436 g/mol. The van der Waals surface area contributed by atoms with Gasteiger partial charge in [-0.15, -0.1) is 0 Å². The first-order valence-corrected chi connectivity index (χ1v) is 9.78. The minimum atomic E-state index is -2.88. The highest BCUT2D eigenvalue weighted by Gasteiger charge is 2.15. The third kappa shape index (κ3) is 5.76. The van der Waals surface area contributed by atoms with Crippen molar-refractivity contribution < 1.29 is 22.8 Å². The SMILES string of the molecule is CCC(=O)N(CCCc1nc(-c2ccc(OC(F)F)cc2)no1)c1ccc(Cl)cc1. The zero-order chi connectivity index (χ0) is 21.5. The van der Waals surface area contributed by atoms with E-state index in [4.69, 9.17) is 16.1 Å². The van der Waals surface area contributed by atoms with Crippen molar-refractivity contribution in [1.29, 1.82) is 0 Å². The largest absolute Gasteiger partial charge is 0.435 e. The Labute approximate surface area is 177 Å². The van der Waals surface area contributed by atoms with Crippen LogP contribution < -0.4 is 9.64 Å². The quantitative estimate of drug-likeness (QED) is 0.452. The molecule has 0 radical (unpaired) electrons. The van der Waals surface area contributed by atoms with Gasteiger partial charge in [0.25, 0.3) is 0 Å². The number of aromatic nitrogens is 2. The Kier molecular flexibility index (Phi) is 7.35. The number of hydrogen-bond donors (Lipinski definition) is 0. The van der Waals surface area contributed by atoms with Gasteiger partial charge in [-0.3, -0.25) is 4.79 Å². The van der Waals surface area contributed by atoms with Gasteiger partial charge < -0.3 is 14.2 Å². The number of alkyl halides is 2. The lowest BCUT2D eigenvalue weighted by Gasteiger charge is -2.22. The lowest BCUT2D eigenvalue weighted by atomic mass is 10.2. The molecule has 0 N–H and O–H groups in total. The van der Waals surface area contributed by atoms with E-state index in [2.05, 4.69) is 14.9 Å². The number of rotatable bonds is 9. The van der Waals surface area contributed by atoms with E-state index in [1.807, 2.05) is 19.1 Å². The van der Waals surface area contributed by atoms with E-state index in [0.717, 1.165) is 5.69 Å². The second-order valence-corrected chi connectivity index (χ2v) is 6.83. The van der Waals surface area contributed by atoms with Gasteiger partial charge in [0, 0.05) is 35.7 Å². The lowest BCUT2D eigenvalue weighted by Crippen LogP contribution is -2.31. The third-order valence-corrected chi connectivity index (χ3v) is 4.57. The van der Waals surface area contributed by atoms with Crippen LogP contribution in [0.5, 0.6) is 5.75 Å². The monoisotopic (exact) mass is 435 g/mol. The van der Waals surface area contributed by atoms with Crippen molar-refractivity contribution in [3.63, 3.8) is 0 Å². The molecule has 2 aromatic carbocycles. The fraction of sp³-hybridized carbons (Fsp3) is 0.286. The molecule has 30 heavy (non-hydrogen) atoms. The molecule has 0 unspecified atom stereocenters. The molecule has 1 aromatic heterocycles. The number of halogens is 3. The smallest absolute Gasteiger partial charge is 0.387 e. The van der Waals surface area contributed by atoms with Crippen LogP contribution in [0.1, 0.15) is 25.7 Å². The number of nitrogens with zero attached hydrogens (tertiary/aromatic N) is 3. The highest BCUT2D eigenvalue weighted by Crippen LogP contribution is 2.22. The molecule has 3 aromatic rings. The molecule has 9 heteroatoms. The molecule has 158 valence electrons. The van der Waals surface area contributed by atoms with E-state index in [1.165, 1.54) is 12.1 Å². The van der Waals surface area contributed by atoms with Crippen LogP contribution in [0.3, 0.4) is 0 Å². The molecule has 0 bridgehead atoms. The van der Waals surface area contributed by atoms with Crippen molar-refractivity contribution >= 4 is 23.2 Å². The summed E-state index contributed by atoms with van der Waals surface area (Å²) in [6.07, 6.45) is 1.50. The van der Waals surface area contributed by atoms with Crippen LogP contribution in [0.2, 0.25) is 5.02 Å². The van der Waals surface area contributed by atoms with Gasteiger partial charge in [-0.25, -0.2) is 0 Å². The molecule has 3 rings (SSSR count). The number of anilines is 1. The van der Waals surface area contributed by atoms with E-state index in [0.29, 0.717) is 48.1 Å². The number of hydrogen-bond acceptors (Lipinski definition) is 5. The van der Waals surface area contributed by atoms with Crippen LogP contribution in [-0.4, -0.2) is 29.2 Å². The Hall–Kier alpha value is -3.00. The first-order valence-electron chi connectivity index (χ1n) is 9.40. The molecule has 6 nitrogen and oxygen atoms in total. The second kappa shape index (κ2) is 10.2. The molecular weight excluding hydrogens is 416 g/mol. The van der Waals surface area contributed by atoms with Gasteiger partial charge in [-0.05, 0) is 55.0 Å². The summed E-state index contributed by atoms with van der Waals surface area (Å²) in [5, 5.41) is 4.53. The Morgan fingerprint density at radius 1 is 1.17 bits per heavy atom. The summed E-state index contributed by atoms with van der Waals surface area (Å²) in [5.74, 6) is 0.848. The van der Waals surface area contributed by atoms with E-state index >= 15 is 0 Å². The van der Waals surface area contributed by atoms with Crippen molar-refractivity contribution in [2.45, 2.75) is 32.8 Å². The molecular formula is C21H20ClF2N3O3. The molecule has 0 aliphatic carbocycles. The summed E-state index contributed by atoms with van der Waals surface area (Å²) in [6, 6.07) is 13.1. The Bertz CT molecular complexity index is 962. The van der Waals surface area contributed by atoms with Crippen molar-refractivity contribution in [1.82, 2.24) is 10.1 Å². The standard InChI is InChI=1S/C21H20ClF2N3O3/c1-2-19(28)27(16-9-7-15(22)8-10-16)13-3-4-18-25-20(26-30-18)14-5-11-17(12-6-14)29-21(23)24/h5-12,21H,2-4,13H2,1H3. The lowest BCUT2D eigenvalue weighted by molar-refractivity contribution is -0.118. The summed E-state index contributed by atoms with van der Waals surface area (Å²) in [4.78, 5) is 18.3. The fourth-order valence-electron chi connectivity index (χ4n) is 2.86. The molecule has 0 aliphatic heterocycles. The van der Waals surface area contributed by atoms with E-state index in [-0.39, 0.29) is 11.7 Å². The summed E-state index contributed by atoms with van der Waals surface area (Å²) >= 11 is 5.93. The Balaban J connectivity index is 1.60. The van der Waals surface area contributed by atoms with E-state index in [9.17, 15) is 13.6 Å². The van der Waals surface area contributed by atoms with Gasteiger partial charge in [-0.1, -0.05) is 23.7 Å². The zero-order valence-electron chi connectivity index (χ0n) is 16.2. The van der Waals surface area contributed by atoms with Gasteiger partial charge in [-0.2, -0.15) is 13.8 Å². The van der Waals surface area contributed by atoms with Crippen molar-refractivity contribution in [3.8, 4) is 17.1 Å². The molecule has 0 fully saturated rings. The molecule has 0 atom stereocenters. The maximum absolute atomic E-state index is 12.3. The molecule has 0 aliphatic rings. The second-order valence-electron chi connectivity index (χ2n) is 6.39. The van der Waals surface area contributed by atoms with Crippen LogP contribution in [0, 0.1) is 0 Å². The molecule has 0 saturated carbocycles. The summed E-state index contributed by atoms with van der Waals surface area (Å²) in [5.41, 5.74) is 1.40. The van der Waals surface area contributed by atoms with Gasteiger partial charge in [0.1, 0.15) is 5.75 Å². The average Bonchev–Trinajstić information content (AvgIpc) is 3.20. The number of benzene rings is 2. The van der Waals surface area contributed by atoms with Gasteiger partial charge in [0.2, 0.25) is 17.6 Å². The minimum absolute atomic E-state index is 0.00893. The first kappa shape index (κ1) is 21.7. The number of carbonyl (C=O) groups excluding carboxylic acids is 1. The zero-order valence-corrected chi connectivity index (χ0v) is 17.0. The highest BCUT2D eigenvalue weighted by atomic mass is 35.5. The first-order chi connectivity index (χ1) is 14.5. The van der Waals surface area contributed by atoms with Crippen LogP contribution in [-0.2, 0) is 11.2 Å². The number of amides is 1. The minimum Gasteiger partial charge on any atom is -0.435 e. The topological polar surface area (TPSA) is 68.5 Å². The predicted molar refractivity (Wildman–Crippen MR) is 109 cm³/mol. The molecule has 0 saturated heterocycles. The van der Waals surface area contributed by atoms with Gasteiger partial charge in [0.15, 0.2) is 0 Å². The van der Waals surface area contributed by atoms with Crippen LogP contribution >= 0.6 is 11.6 Å².